The molecule has 3 atom stereocenters. The number of hydrogen-bond acceptors (Lipinski definition) is 6. The average Bonchev–Trinajstić information content (AvgIpc) is 3.29. The molecule has 0 aromatic carbocycles. The summed E-state index contributed by atoms with van der Waals surface area (Å²) in [5.74, 6) is -0.883. The molecule has 1 aliphatic rings. The van der Waals surface area contributed by atoms with Gasteiger partial charge in [0, 0.05) is 25.7 Å². The first-order chi connectivity index (χ1) is 17.1. The molecule has 1 saturated heterocycles. The van der Waals surface area contributed by atoms with Gasteiger partial charge in [-0.3, -0.25) is 18.7 Å². The number of urea groups is 1. The normalized spacial score (nSPS) is 17.8. The van der Waals surface area contributed by atoms with Gasteiger partial charge in [0.25, 0.3) is 0 Å². The lowest BCUT2D eigenvalue weighted by Crippen LogP contribution is -2.61. The number of carbonyl (C=O) groups excluding carboxylic acids is 4. The van der Waals surface area contributed by atoms with Crippen LogP contribution in [-0.2, 0) is 14.4 Å². The molecule has 3 unspecified atom stereocenters. The minimum Gasteiger partial charge on any atom is -0.355 e. The second-order valence-electron chi connectivity index (χ2n) is 11.9. The van der Waals surface area contributed by atoms with Crippen molar-refractivity contribution in [2.24, 2.45) is 10.8 Å². The monoisotopic (exact) mass is 542 g/mol. The van der Waals surface area contributed by atoms with Gasteiger partial charge in [-0.25, -0.2) is 4.79 Å². The summed E-state index contributed by atoms with van der Waals surface area (Å²) in [5, 5.41) is 11.4. The molecule has 1 aliphatic heterocycles. The number of nitrogens with zero attached hydrogens (tertiary/aromatic N) is 2. The van der Waals surface area contributed by atoms with Crippen LogP contribution in [0.5, 0.6) is 0 Å². The number of hydrogen-bond donors (Lipinski definition) is 4. The molecule has 10 nitrogen and oxygen atoms in total. The SMILES string of the molecule is CCCCNC(=O)CNC(=O)C1CCCN1C(=O)C(NC(=O)NC(CN(C)SC)C(C)(C)C)C(C)(C)C. The van der Waals surface area contributed by atoms with Crippen LogP contribution in [0.4, 0.5) is 4.79 Å². The Labute approximate surface area is 227 Å². The molecule has 0 aliphatic carbocycles. The van der Waals surface area contributed by atoms with Crippen LogP contribution in [0.3, 0.4) is 0 Å². The van der Waals surface area contributed by atoms with Crippen molar-refractivity contribution in [2.75, 3.05) is 39.5 Å². The molecule has 4 N–H and O–H groups in total. The summed E-state index contributed by atoms with van der Waals surface area (Å²) in [5.41, 5.74) is -0.770. The molecular weight excluding hydrogens is 492 g/mol. The fourth-order valence-electron chi connectivity index (χ4n) is 4.07. The minimum absolute atomic E-state index is 0.122. The summed E-state index contributed by atoms with van der Waals surface area (Å²) in [6, 6.07) is -2.04. The number of nitrogens with one attached hydrogen (secondary N) is 4. The maximum absolute atomic E-state index is 13.7. The summed E-state index contributed by atoms with van der Waals surface area (Å²) in [7, 11) is 1.97. The van der Waals surface area contributed by atoms with Crippen molar-refractivity contribution in [3.63, 3.8) is 0 Å². The van der Waals surface area contributed by atoms with Crippen LogP contribution >= 0.6 is 11.9 Å². The minimum atomic E-state index is -0.822. The van der Waals surface area contributed by atoms with Crippen molar-refractivity contribution in [1.29, 1.82) is 0 Å². The molecule has 0 spiro atoms. The molecule has 1 rings (SSSR count). The zero-order valence-corrected chi connectivity index (χ0v) is 25.1. The summed E-state index contributed by atoms with van der Waals surface area (Å²) >= 11 is 1.59. The van der Waals surface area contributed by atoms with Gasteiger partial charge in [0.05, 0.1) is 6.54 Å². The Morgan fingerprint density at radius 1 is 1.03 bits per heavy atom. The topological polar surface area (TPSA) is 123 Å². The first kappa shape index (κ1) is 33.0. The molecule has 0 radical (unpaired) electrons. The summed E-state index contributed by atoms with van der Waals surface area (Å²) in [6.07, 6.45) is 5.03. The first-order valence-corrected chi connectivity index (χ1v) is 14.5. The van der Waals surface area contributed by atoms with E-state index in [1.165, 1.54) is 0 Å². The van der Waals surface area contributed by atoms with Gasteiger partial charge in [-0.15, -0.1) is 0 Å². The van der Waals surface area contributed by atoms with E-state index in [1.54, 1.807) is 16.8 Å². The summed E-state index contributed by atoms with van der Waals surface area (Å²) in [6.45, 7) is 15.4. The summed E-state index contributed by atoms with van der Waals surface area (Å²) in [4.78, 5) is 53.2. The van der Waals surface area contributed by atoms with E-state index in [4.69, 9.17) is 0 Å². The molecule has 5 amide bonds. The molecule has 0 aromatic heterocycles. The standard InChI is InChI=1S/C26H50N6O4S/c1-10-11-14-27-20(33)16-28-22(34)18-13-12-15-32(18)23(35)21(26(5,6)7)30-24(36)29-19(25(2,3)4)17-31(8)37-9/h18-19,21H,10-17H2,1-9H3,(H,27,33)(H,28,34)(H2,29,30,36). The second-order valence-corrected chi connectivity index (χ2v) is 12.9. The molecule has 1 heterocycles. The highest BCUT2D eigenvalue weighted by Gasteiger charge is 2.42. The van der Waals surface area contributed by atoms with Crippen LogP contribution in [0.25, 0.3) is 0 Å². The fraction of sp³-hybridized carbons (Fsp3) is 0.846. The third kappa shape index (κ3) is 11.1. The number of rotatable bonds is 12. The van der Waals surface area contributed by atoms with Crippen LogP contribution in [-0.4, -0.2) is 90.6 Å². The molecule has 214 valence electrons. The highest BCUT2D eigenvalue weighted by atomic mass is 32.2. The molecule has 0 aromatic rings. The largest absolute Gasteiger partial charge is 0.355 e. The van der Waals surface area contributed by atoms with Crippen molar-refractivity contribution in [2.45, 2.75) is 92.3 Å². The van der Waals surface area contributed by atoms with Crippen LogP contribution in [0.15, 0.2) is 0 Å². The van der Waals surface area contributed by atoms with Gasteiger partial charge >= 0.3 is 6.03 Å². The molecular formula is C26H50N6O4S. The number of unbranched alkanes of at least 4 members (excludes halogenated alkanes) is 1. The smallest absolute Gasteiger partial charge is 0.315 e. The fourth-order valence-corrected chi connectivity index (χ4v) is 4.37. The zero-order valence-electron chi connectivity index (χ0n) is 24.3. The number of likely N-dealkylation sites (tertiary alicyclic amines) is 1. The Morgan fingerprint density at radius 3 is 2.22 bits per heavy atom. The third-order valence-electron chi connectivity index (χ3n) is 6.60. The van der Waals surface area contributed by atoms with Crippen molar-refractivity contribution < 1.29 is 19.2 Å². The molecule has 0 saturated carbocycles. The van der Waals surface area contributed by atoms with Crippen LogP contribution < -0.4 is 21.3 Å². The van der Waals surface area contributed by atoms with Crippen LogP contribution in [0.2, 0.25) is 0 Å². The van der Waals surface area contributed by atoms with E-state index in [0.717, 1.165) is 12.8 Å². The van der Waals surface area contributed by atoms with Gasteiger partial charge in [-0.2, -0.15) is 0 Å². The predicted octanol–water partition coefficient (Wildman–Crippen LogP) is 2.35. The van der Waals surface area contributed by atoms with Gasteiger partial charge in [0.2, 0.25) is 17.7 Å². The quantitative estimate of drug-likeness (QED) is 0.222. The van der Waals surface area contributed by atoms with Gasteiger partial charge in [0.1, 0.15) is 12.1 Å². The highest BCUT2D eigenvalue weighted by molar-refractivity contribution is 7.96. The van der Waals surface area contributed by atoms with E-state index in [0.29, 0.717) is 32.5 Å². The number of likely N-dealkylation sites (N-methyl/N-ethyl adjacent to an activating group) is 1. The number of amides is 5. The maximum Gasteiger partial charge on any atom is 0.315 e. The van der Waals surface area contributed by atoms with E-state index in [9.17, 15) is 19.2 Å². The summed E-state index contributed by atoms with van der Waals surface area (Å²) < 4.78 is 2.06. The predicted molar refractivity (Wildman–Crippen MR) is 150 cm³/mol. The van der Waals surface area contributed by atoms with E-state index < -0.39 is 23.5 Å². The van der Waals surface area contributed by atoms with Gasteiger partial charge in [-0.1, -0.05) is 66.8 Å². The lowest BCUT2D eigenvalue weighted by atomic mass is 9.85. The maximum atomic E-state index is 13.7. The van der Waals surface area contributed by atoms with E-state index >= 15 is 0 Å². The van der Waals surface area contributed by atoms with Gasteiger partial charge in [-0.05, 0) is 43.4 Å². The lowest BCUT2D eigenvalue weighted by Gasteiger charge is -2.37. The Morgan fingerprint density at radius 2 is 1.68 bits per heavy atom. The van der Waals surface area contributed by atoms with E-state index in [2.05, 4.69) is 46.3 Å². The molecule has 11 heteroatoms. The van der Waals surface area contributed by atoms with Crippen molar-refractivity contribution in [1.82, 2.24) is 30.5 Å². The second kappa shape index (κ2) is 14.8. The molecule has 0 bridgehead atoms. The van der Waals surface area contributed by atoms with Gasteiger partial charge in [0.15, 0.2) is 0 Å². The Balaban J connectivity index is 2.90. The van der Waals surface area contributed by atoms with Gasteiger partial charge < -0.3 is 26.2 Å². The van der Waals surface area contributed by atoms with E-state index in [1.807, 2.05) is 41.0 Å². The third-order valence-corrected chi connectivity index (χ3v) is 7.38. The zero-order chi connectivity index (χ0) is 28.4. The Hall–Kier alpha value is -2.01. The number of carbonyl (C=O) groups is 4. The highest BCUT2D eigenvalue weighted by Crippen LogP contribution is 2.26. The van der Waals surface area contributed by atoms with Crippen LogP contribution in [0.1, 0.15) is 74.1 Å². The van der Waals surface area contributed by atoms with Crippen molar-refractivity contribution >= 4 is 35.7 Å². The average molecular weight is 543 g/mol. The van der Waals surface area contributed by atoms with Crippen molar-refractivity contribution in [3.8, 4) is 0 Å². The molecule has 37 heavy (non-hydrogen) atoms. The lowest BCUT2D eigenvalue weighted by molar-refractivity contribution is -0.142. The first-order valence-electron chi connectivity index (χ1n) is 13.3. The Bertz CT molecular complexity index is 780. The Kier molecular flexibility index (Phi) is 13.2. The van der Waals surface area contributed by atoms with E-state index in [-0.39, 0.29) is 35.7 Å². The molecule has 1 fully saturated rings. The van der Waals surface area contributed by atoms with Crippen LogP contribution in [0, 0.1) is 10.8 Å². The van der Waals surface area contributed by atoms with Crippen molar-refractivity contribution in [3.05, 3.63) is 0 Å².